The Morgan fingerprint density at radius 3 is 2.13 bits per heavy atom. The maximum atomic E-state index is 13.2. The molecule has 0 aliphatic rings. The fourth-order valence-electron chi connectivity index (χ4n) is 2.89. The maximum Gasteiger partial charge on any atom is 0.325 e. The number of carboxylic acid groups (broad SMARTS) is 1. The SMILES string of the molecule is COc1ccc(S(=O)(=O)N(CC(=O)O)C(C(=O)OCc2ccccc2)C(C)C)cc1. The second-order valence-corrected chi connectivity index (χ2v) is 8.79. The third kappa shape index (κ3) is 5.80. The van der Waals surface area contributed by atoms with Gasteiger partial charge in [0.1, 0.15) is 24.9 Å². The predicted octanol–water partition coefficient (Wildman–Crippen LogP) is 2.54. The molecule has 1 atom stereocenters. The fourth-order valence-corrected chi connectivity index (χ4v) is 4.55. The lowest BCUT2D eigenvalue weighted by molar-refractivity contribution is -0.152. The van der Waals surface area contributed by atoms with E-state index >= 15 is 0 Å². The number of aliphatic carboxylic acids is 1. The van der Waals surface area contributed by atoms with Crippen LogP contribution in [0.5, 0.6) is 5.75 Å². The van der Waals surface area contributed by atoms with E-state index in [0.717, 1.165) is 5.56 Å². The highest BCUT2D eigenvalue weighted by atomic mass is 32.2. The van der Waals surface area contributed by atoms with Crippen LogP contribution < -0.4 is 4.74 Å². The van der Waals surface area contributed by atoms with Crippen molar-refractivity contribution in [3.63, 3.8) is 0 Å². The van der Waals surface area contributed by atoms with E-state index in [1.54, 1.807) is 38.1 Å². The average molecular weight is 435 g/mol. The molecule has 0 amide bonds. The van der Waals surface area contributed by atoms with E-state index in [9.17, 15) is 23.1 Å². The summed E-state index contributed by atoms with van der Waals surface area (Å²) in [4.78, 5) is 24.1. The van der Waals surface area contributed by atoms with Crippen LogP contribution in [-0.2, 0) is 31.0 Å². The van der Waals surface area contributed by atoms with E-state index in [4.69, 9.17) is 9.47 Å². The molecule has 9 heteroatoms. The Labute approximate surface area is 176 Å². The molecule has 0 spiro atoms. The van der Waals surface area contributed by atoms with Crippen molar-refractivity contribution >= 4 is 22.0 Å². The van der Waals surface area contributed by atoms with Crippen LogP contribution in [0.2, 0.25) is 0 Å². The first kappa shape index (κ1) is 23.4. The van der Waals surface area contributed by atoms with E-state index in [1.165, 1.54) is 31.4 Å². The van der Waals surface area contributed by atoms with Crippen LogP contribution in [0.3, 0.4) is 0 Å². The smallest absolute Gasteiger partial charge is 0.325 e. The number of hydrogen-bond acceptors (Lipinski definition) is 6. The number of methoxy groups -OCH3 is 1. The second kappa shape index (κ2) is 10.2. The Morgan fingerprint density at radius 1 is 1.03 bits per heavy atom. The van der Waals surface area contributed by atoms with E-state index < -0.39 is 40.5 Å². The Kier molecular flexibility index (Phi) is 7.96. The summed E-state index contributed by atoms with van der Waals surface area (Å²) in [6.07, 6.45) is 0. The zero-order valence-electron chi connectivity index (χ0n) is 17.0. The summed E-state index contributed by atoms with van der Waals surface area (Å²) in [5, 5.41) is 9.32. The first-order valence-corrected chi connectivity index (χ1v) is 10.7. The molecule has 0 aliphatic heterocycles. The number of carbonyl (C=O) groups is 2. The molecule has 8 nitrogen and oxygen atoms in total. The van der Waals surface area contributed by atoms with Crippen LogP contribution in [0, 0.1) is 5.92 Å². The molecule has 2 rings (SSSR count). The quantitative estimate of drug-likeness (QED) is 0.571. The molecule has 0 bridgehead atoms. The Bertz CT molecular complexity index is 957. The summed E-state index contributed by atoms with van der Waals surface area (Å²) in [5.41, 5.74) is 0.733. The van der Waals surface area contributed by atoms with Crippen molar-refractivity contribution in [1.29, 1.82) is 0 Å². The number of sulfonamides is 1. The summed E-state index contributed by atoms with van der Waals surface area (Å²) < 4.78 is 37.4. The van der Waals surface area contributed by atoms with Crippen molar-refractivity contribution in [2.24, 2.45) is 5.92 Å². The lowest BCUT2D eigenvalue weighted by Gasteiger charge is -2.30. The number of benzene rings is 2. The van der Waals surface area contributed by atoms with Gasteiger partial charge >= 0.3 is 11.9 Å². The van der Waals surface area contributed by atoms with Gasteiger partial charge in [-0.3, -0.25) is 9.59 Å². The molecule has 0 radical (unpaired) electrons. The van der Waals surface area contributed by atoms with Gasteiger partial charge in [0.2, 0.25) is 10.0 Å². The molecule has 1 N–H and O–H groups in total. The molecule has 0 heterocycles. The first-order chi connectivity index (χ1) is 14.2. The fraction of sp³-hybridized carbons (Fsp3) is 0.333. The number of esters is 1. The summed E-state index contributed by atoms with van der Waals surface area (Å²) >= 11 is 0. The third-order valence-electron chi connectivity index (χ3n) is 4.36. The lowest BCUT2D eigenvalue weighted by atomic mass is 10.0. The number of nitrogens with zero attached hydrogens (tertiary/aromatic N) is 1. The summed E-state index contributed by atoms with van der Waals surface area (Å²) in [7, 11) is -2.85. The number of carboxylic acids is 1. The highest BCUT2D eigenvalue weighted by Gasteiger charge is 2.40. The number of hydrogen-bond donors (Lipinski definition) is 1. The molecule has 1 unspecified atom stereocenters. The third-order valence-corrected chi connectivity index (χ3v) is 6.21. The largest absolute Gasteiger partial charge is 0.497 e. The van der Waals surface area contributed by atoms with E-state index in [1.807, 2.05) is 6.07 Å². The van der Waals surface area contributed by atoms with Gasteiger partial charge in [0, 0.05) is 0 Å². The standard InChI is InChI=1S/C21H25NO7S/c1-15(2)20(21(25)29-14-16-7-5-4-6-8-16)22(13-19(23)24)30(26,27)18-11-9-17(28-3)10-12-18/h4-12,15,20H,13-14H2,1-3H3,(H,23,24). The second-order valence-electron chi connectivity index (χ2n) is 6.90. The van der Waals surface area contributed by atoms with Crippen LogP contribution in [0.15, 0.2) is 59.5 Å². The molecule has 162 valence electrons. The van der Waals surface area contributed by atoms with Gasteiger partial charge in [-0.05, 0) is 35.7 Å². The number of rotatable bonds is 10. The van der Waals surface area contributed by atoms with Gasteiger partial charge in [-0.15, -0.1) is 0 Å². The normalized spacial score (nSPS) is 12.6. The molecule has 0 fully saturated rings. The molecule has 2 aromatic rings. The van der Waals surface area contributed by atoms with E-state index in [2.05, 4.69) is 0 Å². The van der Waals surface area contributed by atoms with Crippen molar-refractivity contribution in [2.75, 3.05) is 13.7 Å². The van der Waals surface area contributed by atoms with E-state index in [0.29, 0.717) is 10.1 Å². The van der Waals surface area contributed by atoms with Gasteiger partial charge < -0.3 is 14.6 Å². The summed E-state index contributed by atoms with van der Waals surface area (Å²) in [6, 6.07) is 13.1. The summed E-state index contributed by atoms with van der Waals surface area (Å²) in [6.45, 7) is 2.34. The molecular formula is C21H25NO7S. The van der Waals surface area contributed by atoms with Crippen molar-refractivity contribution < 1.29 is 32.6 Å². The van der Waals surface area contributed by atoms with Gasteiger partial charge in [-0.2, -0.15) is 4.31 Å². The van der Waals surface area contributed by atoms with Gasteiger partial charge in [0.15, 0.2) is 0 Å². The highest BCUT2D eigenvalue weighted by Crippen LogP contribution is 2.25. The van der Waals surface area contributed by atoms with Crippen molar-refractivity contribution in [3.05, 3.63) is 60.2 Å². The Balaban J connectivity index is 2.36. The van der Waals surface area contributed by atoms with Gasteiger partial charge in [-0.1, -0.05) is 44.2 Å². The van der Waals surface area contributed by atoms with Crippen LogP contribution in [-0.4, -0.2) is 49.5 Å². The molecule has 0 saturated heterocycles. The molecule has 30 heavy (non-hydrogen) atoms. The Hall–Kier alpha value is -2.91. The molecular weight excluding hydrogens is 410 g/mol. The minimum Gasteiger partial charge on any atom is -0.497 e. The van der Waals surface area contributed by atoms with Crippen LogP contribution >= 0.6 is 0 Å². The highest BCUT2D eigenvalue weighted by molar-refractivity contribution is 7.89. The zero-order valence-corrected chi connectivity index (χ0v) is 17.8. The monoisotopic (exact) mass is 435 g/mol. The van der Waals surface area contributed by atoms with Crippen LogP contribution in [0.4, 0.5) is 0 Å². The van der Waals surface area contributed by atoms with Crippen LogP contribution in [0.1, 0.15) is 19.4 Å². The zero-order chi connectivity index (χ0) is 22.3. The minimum absolute atomic E-state index is 0.0492. The molecule has 0 aliphatic carbocycles. The van der Waals surface area contributed by atoms with Crippen molar-refractivity contribution in [3.8, 4) is 5.75 Å². The van der Waals surface area contributed by atoms with Gasteiger partial charge in [0.05, 0.1) is 12.0 Å². The predicted molar refractivity (Wildman–Crippen MR) is 109 cm³/mol. The Morgan fingerprint density at radius 2 is 1.63 bits per heavy atom. The van der Waals surface area contributed by atoms with Gasteiger partial charge in [-0.25, -0.2) is 8.42 Å². The maximum absolute atomic E-state index is 13.2. The summed E-state index contributed by atoms with van der Waals surface area (Å²) in [5.74, 6) is -2.28. The first-order valence-electron chi connectivity index (χ1n) is 9.25. The molecule has 0 saturated carbocycles. The van der Waals surface area contributed by atoms with Crippen LogP contribution in [0.25, 0.3) is 0 Å². The molecule has 2 aromatic carbocycles. The van der Waals surface area contributed by atoms with Crippen molar-refractivity contribution in [1.82, 2.24) is 4.31 Å². The lowest BCUT2D eigenvalue weighted by Crippen LogP contribution is -2.50. The van der Waals surface area contributed by atoms with Gasteiger partial charge in [0.25, 0.3) is 0 Å². The number of ether oxygens (including phenoxy) is 2. The average Bonchev–Trinajstić information content (AvgIpc) is 2.72. The molecule has 0 aromatic heterocycles. The minimum atomic E-state index is -4.30. The van der Waals surface area contributed by atoms with Crippen molar-refractivity contribution in [2.45, 2.75) is 31.4 Å². The topological polar surface area (TPSA) is 110 Å². The number of carbonyl (C=O) groups excluding carboxylic acids is 1. The van der Waals surface area contributed by atoms with E-state index in [-0.39, 0.29) is 11.5 Å².